The van der Waals surface area contributed by atoms with E-state index in [2.05, 4.69) is 37.5 Å². The maximum atomic E-state index is 10.2. The van der Waals surface area contributed by atoms with Gasteiger partial charge in [-0.3, -0.25) is 4.68 Å². The Kier molecular flexibility index (Phi) is 3.67. The van der Waals surface area contributed by atoms with E-state index in [9.17, 15) is 5.11 Å². The molecule has 1 atom stereocenters. The summed E-state index contributed by atoms with van der Waals surface area (Å²) in [5.41, 5.74) is 1.29. The van der Waals surface area contributed by atoms with E-state index in [1.54, 1.807) is 16.3 Å². The van der Waals surface area contributed by atoms with Gasteiger partial charge in [-0.2, -0.15) is 5.10 Å². The highest BCUT2D eigenvalue weighted by Crippen LogP contribution is 2.27. The normalized spacial score (nSPS) is 12.9. The highest BCUT2D eigenvalue weighted by molar-refractivity contribution is 9.10. The van der Waals surface area contributed by atoms with E-state index in [4.69, 9.17) is 0 Å². The Hall–Kier alpha value is -0.790. The van der Waals surface area contributed by atoms with Gasteiger partial charge in [0, 0.05) is 11.9 Å². The van der Waals surface area contributed by atoms with Gasteiger partial charge in [0.2, 0.25) is 0 Å². The fourth-order valence-electron chi connectivity index (χ4n) is 1.46. The third-order valence-electron chi connectivity index (χ3n) is 2.18. The Labute approximate surface area is 105 Å². The summed E-state index contributed by atoms with van der Waals surface area (Å²) in [6.45, 7) is 2.84. The topological polar surface area (TPSA) is 63.8 Å². The van der Waals surface area contributed by atoms with E-state index in [0.717, 1.165) is 23.1 Å². The molecule has 0 spiro atoms. The van der Waals surface area contributed by atoms with Gasteiger partial charge >= 0.3 is 0 Å². The summed E-state index contributed by atoms with van der Waals surface area (Å²) < 4.78 is 6.32. The quantitative estimate of drug-likeness (QED) is 0.938. The molecule has 0 saturated carbocycles. The highest BCUT2D eigenvalue weighted by atomic mass is 79.9. The number of nitrogens with zero attached hydrogens (tertiary/aromatic N) is 4. The lowest BCUT2D eigenvalue weighted by molar-refractivity contribution is 0.201. The Morgan fingerprint density at radius 1 is 1.62 bits per heavy atom. The van der Waals surface area contributed by atoms with Crippen LogP contribution in [0.5, 0.6) is 0 Å². The van der Waals surface area contributed by atoms with Gasteiger partial charge in [-0.05, 0) is 33.9 Å². The van der Waals surface area contributed by atoms with E-state index in [1.165, 1.54) is 11.5 Å². The summed E-state index contributed by atoms with van der Waals surface area (Å²) in [6.07, 6.45) is 1.87. The molecule has 7 heteroatoms. The predicted octanol–water partition coefficient (Wildman–Crippen LogP) is 1.99. The maximum Gasteiger partial charge on any atom is 0.141 e. The molecule has 86 valence electrons. The van der Waals surface area contributed by atoms with Crippen LogP contribution in [0.2, 0.25) is 0 Å². The van der Waals surface area contributed by atoms with Crippen molar-refractivity contribution in [3.8, 4) is 0 Å². The van der Waals surface area contributed by atoms with Gasteiger partial charge in [0.25, 0.3) is 0 Å². The average Bonchev–Trinajstić information content (AvgIpc) is 2.88. The van der Waals surface area contributed by atoms with Crippen LogP contribution in [0.25, 0.3) is 0 Å². The molecule has 0 amide bonds. The molecular weight excluding hydrogens is 292 g/mol. The summed E-state index contributed by atoms with van der Waals surface area (Å²) >= 11 is 4.61. The third-order valence-corrected chi connectivity index (χ3v) is 3.32. The first kappa shape index (κ1) is 11.7. The number of aromatic nitrogens is 4. The highest BCUT2D eigenvalue weighted by Gasteiger charge is 2.21. The van der Waals surface area contributed by atoms with Crippen LogP contribution < -0.4 is 0 Å². The van der Waals surface area contributed by atoms with E-state index < -0.39 is 6.10 Å². The van der Waals surface area contributed by atoms with Gasteiger partial charge in [-0.1, -0.05) is 11.4 Å². The zero-order valence-corrected chi connectivity index (χ0v) is 11.1. The van der Waals surface area contributed by atoms with Crippen molar-refractivity contribution in [3.63, 3.8) is 0 Å². The van der Waals surface area contributed by atoms with Crippen molar-refractivity contribution in [2.24, 2.45) is 0 Å². The summed E-state index contributed by atoms with van der Waals surface area (Å²) in [5, 5.41) is 20.0. The molecule has 2 heterocycles. The fourth-order valence-corrected chi connectivity index (χ4v) is 2.45. The summed E-state index contributed by atoms with van der Waals surface area (Å²) in [4.78, 5) is 0. The standard InChI is InChI=1S/C9H11BrN4OS/c1-2-3-14-8(6(10)4-11-14)9(15)7-5-16-13-12-7/h4-5,9,15H,2-3H2,1H3. The van der Waals surface area contributed by atoms with Crippen molar-refractivity contribution in [1.29, 1.82) is 0 Å². The summed E-state index contributed by atoms with van der Waals surface area (Å²) in [6, 6.07) is 0. The first-order chi connectivity index (χ1) is 7.74. The molecule has 2 aromatic heterocycles. The molecule has 0 aliphatic carbocycles. The monoisotopic (exact) mass is 302 g/mol. The van der Waals surface area contributed by atoms with Crippen molar-refractivity contribution in [3.05, 3.63) is 27.4 Å². The van der Waals surface area contributed by atoms with Crippen LogP contribution in [-0.4, -0.2) is 24.5 Å². The van der Waals surface area contributed by atoms with Crippen molar-refractivity contribution in [1.82, 2.24) is 19.4 Å². The second kappa shape index (κ2) is 5.03. The van der Waals surface area contributed by atoms with Gasteiger partial charge in [0.05, 0.1) is 16.4 Å². The Morgan fingerprint density at radius 2 is 2.44 bits per heavy atom. The lowest BCUT2D eigenvalue weighted by Gasteiger charge is -2.11. The third kappa shape index (κ3) is 2.16. The van der Waals surface area contributed by atoms with E-state index >= 15 is 0 Å². The van der Waals surface area contributed by atoms with Gasteiger partial charge < -0.3 is 5.11 Å². The zero-order chi connectivity index (χ0) is 11.5. The van der Waals surface area contributed by atoms with Crippen LogP contribution >= 0.6 is 27.5 Å². The first-order valence-electron chi connectivity index (χ1n) is 4.90. The second-order valence-electron chi connectivity index (χ2n) is 3.33. The van der Waals surface area contributed by atoms with Crippen LogP contribution in [0.15, 0.2) is 16.0 Å². The first-order valence-corrected chi connectivity index (χ1v) is 6.53. The minimum Gasteiger partial charge on any atom is -0.380 e. The minimum absolute atomic E-state index is 0.559. The van der Waals surface area contributed by atoms with Crippen molar-refractivity contribution in [2.45, 2.75) is 26.0 Å². The fraction of sp³-hybridized carbons (Fsp3) is 0.444. The van der Waals surface area contributed by atoms with Gasteiger partial charge in [-0.15, -0.1) is 5.10 Å². The van der Waals surface area contributed by atoms with Crippen molar-refractivity contribution < 1.29 is 5.11 Å². The van der Waals surface area contributed by atoms with Crippen molar-refractivity contribution >= 4 is 27.5 Å². The lowest BCUT2D eigenvalue weighted by Crippen LogP contribution is -2.11. The molecule has 0 aromatic carbocycles. The molecule has 1 unspecified atom stereocenters. The number of rotatable bonds is 4. The molecule has 0 radical (unpaired) electrons. The molecular formula is C9H11BrN4OS. The largest absolute Gasteiger partial charge is 0.380 e. The molecule has 16 heavy (non-hydrogen) atoms. The van der Waals surface area contributed by atoms with Gasteiger partial charge in [0.1, 0.15) is 11.8 Å². The number of aliphatic hydroxyl groups is 1. The lowest BCUT2D eigenvalue weighted by atomic mass is 10.2. The van der Waals surface area contributed by atoms with Crippen molar-refractivity contribution in [2.75, 3.05) is 0 Å². The van der Waals surface area contributed by atoms with Crippen LogP contribution in [0.3, 0.4) is 0 Å². The van der Waals surface area contributed by atoms with Crippen LogP contribution in [0.4, 0.5) is 0 Å². The average molecular weight is 303 g/mol. The number of hydrogen-bond donors (Lipinski definition) is 1. The molecule has 0 bridgehead atoms. The smallest absolute Gasteiger partial charge is 0.141 e. The predicted molar refractivity (Wildman–Crippen MR) is 64.2 cm³/mol. The van der Waals surface area contributed by atoms with Crippen LogP contribution in [0, 0.1) is 0 Å². The van der Waals surface area contributed by atoms with E-state index in [1.807, 2.05) is 0 Å². The Balaban J connectivity index is 2.35. The zero-order valence-electron chi connectivity index (χ0n) is 8.67. The number of aliphatic hydroxyl groups excluding tert-OH is 1. The molecule has 2 aromatic rings. The van der Waals surface area contributed by atoms with Gasteiger partial charge in [-0.25, -0.2) is 0 Å². The minimum atomic E-state index is -0.776. The molecule has 0 fully saturated rings. The SMILES string of the molecule is CCCn1ncc(Br)c1C(O)c1csnn1. The summed E-state index contributed by atoms with van der Waals surface area (Å²) in [5.74, 6) is 0. The van der Waals surface area contributed by atoms with Crippen LogP contribution in [-0.2, 0) is 6.54 Å². The van der Waals surface area contributed by atoms with Gasteiger partial charge in [0.15, 0.2) is 0 Å². The summed E-state index contributed by atoms with van der Waals surface area (Å²) in [7, 11) is 0. The number of halogens is 1. The molecule has 5 nitrogen and oxygen atoms in total. The van der Waals surface area contributed by atoms with E-state index in [0.29, 0.717) is 5.69 Å². The molecule has 0 saturated heterocycles. The molecule has 0 aliphatic heterocycles. The number of aryl methyl sites for hydroxylation is 1. The second-order valence-corrected chi connectivity index (χ2v) is 4.80. The van der Waals surface area contributed by atoms with Crippen LogP contribution in [0.1, 0.15) is 30.8 Å². The maximum absolute atomic E-state index is 10.2. The Morgan fingerprint density at radius 3 is 3.06 bits per heavy atom. The molecule has 0 aliphatic rings. The van der Waals surface area contributed by atoms with E-state index in [-0.39, 0.29) is 0 Å². The molecule has 2 rings (SSSR count). The Bertz CT molecular complexity index is 456. The molecule has 1 N–H and O–H groups in total. The number of hydrogen-bond acceptors (Lipinski definition) is 5.